The standard InChI is InChI=1S/C14H21N7O3/c1-9-11(21(22)23)13(19(4)16-9)20-7-5-6-10(8-20)12-15-14(17-24-12)18(2)3/h10H,5-8H2,1-4H3. The van der Waals surface area contributed by atoms with E-state index in [4.69, 9.17) is 4.52 Å². The third-order valence-electron chi connectivity index (χ3n) is 4.24. The molecule has 2 aromatic heterocycles. The molecule has 3 heterocycles. The van der Waals surface area contributed by atoms with E-state index in [2.05, 4.69) is 15.2 Å². The van der Waals surface area contributed by atoms with Gasteiger partial charge >= 0.3 is 5.69 Å². The molecule has 0 spiro atoms. The Hall–Kier alpha value is -2.65. The molecule has 0 bridgehead atoms. The van der Waals surface area contributed by atoms with E-state index in [1.807, 2.05) is 19.0 Å². The summed E-state index contributed by atoms with van der Waals surface area (Å²) in [4.78, 5) is 19.2. The van der Waals surface area contributed by atoms with Crippen molar-refractivity contribution in [1.29, 1.82) is 0 Å². The van der Waals surface area contributed by atoms with Crippen LogP contribution in [0.4, 0.5) is 17.5 Å². The van der Waals surface area contributed by atoms with Gasteiger partial charge in [0.2, 0.25) is 11.7 Å². The van der Waals surface area contributed by atoms with Gasteiger partial charge in [-0.05, 0) is 24.9 Å². The van der Waals surface area contributed by atoms with E-state index in [9.17, 15) is 10.1 Å². The molecule has 10 nitrogen and oxygen atoms in total. The summed E-state index contributed by atoms with van der Waals surface area (Å²) in [5, 5.41) is 19.6. The zero-order chi connectivity index (χ0) is 17.4. The fourth-order valence-electron chi connectivity index (χ4n) is 3.15. The second-order valence-corrected chi connectivity index (χ2v) is 6.25. The number of piperidine rings is 1. The van der Waals surface area contributed by atoms with Gasteiger partial charge in [0.15, 0.2) is 0 Å². The minimum absolute atomic E-state index is 0.0507. The van der Waals surface area contributed by atoms with Crippen molar-refractivity contribution in [2.24, 2.45) is 7.05 Å². The first-order valence-electron chi connectivity index (χ1n) is 7.82. The Morgan fingerprint density at radius 2 is 2.17 bits per heavy atom. The van der Waals surface area contributed by atoms with Crippen LogP contribution in [0.3, 0.4) is 0 Å². The molecule has 0 amide bonds. The maximum absolute atomic E-state index is 11.4. The fraction of sp³-hybridized carbons (Fsp3) is 0.643. The van der Waals surface area contributed by atoms with E-state index in [1.165, 1.54) is 0 Å². The van der Waals surface area contributed by atoms with Gasteiger partial charge in [0.05, 0.1) is 10.8 Å². The number of nitrogens with zero attached hydrogens (tertiary/aromatic N) is 7. The van der Waals surface area contributed by atoms with Crippen molar-refractivity contribution >= 4 is 17.5 Å². The largest absolute Gasteiger partial charge is 0.350 e. The molecule has 0 aromatic carbocycles. The summed E-state index contributed by atoms with van der Waals surface area (Å²) in [6.07, 6.45) is 1.81. The molecule has 2 aromatic rings. The summed E-state index contributed by atoms with van der Waals surface area (Å²) in [6.45, 7) is 2.99. The van der Waals surface area contributed by atoms with E-state index in [0.717, 1.165) is 19.4 Å². The van der Waals surface area contributed by atoms with Gasteiger partial charge in [0.25, 0.3) is 5.95 Å². The second kappa shape index (κ2) is 6.10. The molecule has 1 unspecified atom stereocenters. The van der Waals surface area contributed by atoms with Crippen LogP contribution >= 0.6 is 0 Å². The predicted molar refractivity (Wildman–Crippen MR) is 87.4 cm³/mol. The van der Waals surface area contributed by atoms with Crippen molar-refractivity contribution in [3.63, 3.8) is 0 Å². The Morgan fingerprint density at radius 1 is 1.42 bits per heavy atom. The average molecular weight is 335 g/mol. The zero-order valence-electron chi connectivity index (χ0n) is 14.3. The van der Waals surface area contributed by atoms with Crippen LogP contribution in [0, 0.1) is 17.0 Å². The molecule has 1 aliphatic heterocycles. The van der Waals surface area contributed by atoms with Crippen molar-refractivity contribution in [3.05, 3.63) is 21.7 Å². The lowest BCUT2D eigenvalue weighted by atomic mass is 9.98. The van der Waals surface area contributed by atoms with Crippen molar-refractivity contribution in [3.8, 4) is 0 Å². The summed E-state index contributed by atoms with van der Waals surface area (Å²) in [5.41, 5.74) is 0.491. The maximum atomic E-state index is 11.4. The van der Waals surface area contributed by atoms with Crippen LogP contribution in [-0.2, 0) is 7.05 Å². The van der Waals surface area contributed by atoms with Gasteiger partial charge in [-0.3, -0.25) is 10.1 Å². The molecule has 1 fully saturated rings. The third-order valence-corrected chi connectivity index (χ3v) is 4.24. The lowest BCUT2D eigenvalue weighted by molar-refractivity contribution is -0.384. The molecular weight excluding hydrogens is 314 g/mol. The van der Waals surface area contributed by atoms with E-state index >= 15 is 0 Å². The van der Waals surface area contributed by atoms with E-state index in [0.29, 0.717) is 29.9 Å². The number of anilines is 2. The van der Waals surface area contributed by atoms with Crippen LogP contribution in [0.15, 0.2) is 4.52 Å². The third kappa shape index (κ3) is 2.79. The molecule has 130 valence electrons. The van der Waals surface area contributed by atoms with E-state index in [1.54, 1.807) is 23.6 Å². The fourth-order valence-corrected chi connectivity index (χ4v) is 3.15. The predicted octanol–water partition coefficient (Wildman–Crippen LogP) is 1.47. The van der Waals surface area contributed by atoms with Crippen LogP contribution in [0.2, 0.25) is 0 Å². The zero-order valence-corrected chi connectivity index (χ0v) is 14.3. The Balaban J connectivity index is 1.87. The second-order valence-electron chi connectivity index (χ2n) is 6.25. The first-order chi connectivity index (χ1) is 11.4. The van der Waals surface area contributed by atoms with Crippen LogP contribution in [0.25, 0.3) is 0 Å². The highest BCUT2D eigenvalue weighted by Gasteiger charge is 2.33. The smallest absolute Gasteiger partial charge is 0.333 e. The number of nitro groups is 1. The first-order valence-corrected chi connectivity index (χ1v) is 7.82. The quantitative estimate of drug-likeness (QED) is 0.611. The number of aryl methyl sites for hydroxylation is 2. The molecular formula is C14H21N7O3. The maximum Gasteiger partial charge on any atom is 0.333 e. The topological polar surface area (TPSA) is 106 Å². The van der Waals surface area contributed by atoms with Gasteiger partial charge < -0.3 is 14.3 Å². The Labute approximate surface area is 139 Å². The van der Waals surface area contributed by atoms with Crippen LogP contribution in [0.1, 0.15) is 30.3 Å². The molecule has 10 heteroatoms. The molecule has 3 rings (SSSR count). The van der Waals surface area contributed by atoms with Crippen LogP contribution in [-0.4, -0.2) is 52.0 Å². The van der Waals surface area contributed by atoms with Gasteiger partial charge in [0, 0.05) is 34.2 Å². The van der Waals surface area contributed by atoms with Crippen LogP contribution < -0.4 is 9.80 Å². The highest BCUT2D eigenvalue weighted by atomic mass is 16.6. The number of aromatic nitrogens is 4. The molecule has 0 aliphatic carbocycles. The molecule has 0 N–H and O–H groups in total. The van der Waals surface area contributed by atoms with Crippen molar-refractivity contribution in [2.75, 3.05) is 37.0 Å². The van der Waals surface area contributed by atoms with Crippen LogP contribution in [0.5, 0.6) is 0 Å². The molecule has 24 heavy (non-hydrogen) atoms. The van der Waals surface area contributed by atoms with Gasteiger partial charge in [-0.1, -0.05) is 0 Å². The summed E-state index contributed by atoms with van der Waals surface area (Å²) >= 11 is 0. The van der Waals surface area contributed by atoms with Gasteiger partial charge in [0.1, 0.15) is 5.69 Å². The molecule has 0 radical (unpaired) electrons. The highest BCUT2D eigenvalue weighted by molar-refractivity contribution is 5.61. The molecule has 0 saturated carbocycles. The Kier molecular flexibility index (Phi) is 4.12. The van der Waals surface area contributed by atoms with E-state index < -0.39 is 0 Å². The monoisotopic (exact) mass is 335 g/mol. The lowest BCUT2D eigenvalue weighted by Crippen LogP contribution is -2.36. The summed E-state index contributed by atoms with van der Waals surface area (Å²) in [7, 11) is 5.43. The summed E-state index contributed by atoms with van der Waals surface area (Å²) in [6, 6.07) is 0. The minimum Gasteiger partial charge on any atom is -0.350 e. The number of hydrogen-bond donors (Lipinski definition) is 0. The Bertz CT molecular complexity index is 752. The molecule has 1 aliphatic rings. The SMILES string of the molecule is Cc1nn(C)c(N2CCCC(c3nc(N(C)C)no3)C2)c1[N+](=O)[O-]. The Morgan fingerprint density at radius 3 is 2.79 bits per heavy atom. The lowest BCUT2D eigenvalue weighted by Gasteiger charge is -2.31. The normalized spacial score (nSPS) is 18.0. The average Bonchev–Trinajstić information content (AvgIpc) is 3.12. The molecule has 1 atom stereocenters. The van der Waals surface area contributed by atoms with Gasteiger partial charge in [-0.15, -0.1) is 0 Å². The van der Waals surface area contributed by atoms with Crippen molar-refractivity contribution in [1.82, 2.24) is 19.9 Å². The van der Waals surface area contributed by atoms with Crippen molar-refractivity contribution < 1.29 is 9.45 Å². The highest BCUT2D eigenvalue weighted by Crippen LogP contribution is 2.35. The van der Waals surface area contributed by atoms with Crippen molar-refractivity contribution in [2.45, 2.75) is 25.7 Å². The number of rotatable bonds is 4. The first kappa shape index (κ1) is 16.2. The number of hydrogen-bond acceptors (Lipinski definition) is 8. The van der Waals surface area contributed by atoms with Gasteiger partial charge in [-0.25, -0.2) is 4.68 Å². The van der Waals surface area contributed by atoms with E-state index in [-0.39, 0.29) is 16.5 Å². The summed E-state index contributed by atoms with van der Waals surface area (Å²) < 4.78 is 6.96. The molecule has 1 saturated heterocycles. The summed E-state index contributed by atoms with van der Waals surface area (Å²) in [5.74, 6) is 1.69. The minimum atomic E-state index is -0.363. The van der Waals surface area contributed by atoms with Gasteiger partial charge in [-0.2, -0.15) is 10.1 Å².